The van der Waals surface area contributed by atoms with Crippen LogP contribution in [0.15, 0.2) is 42.6 Å². The third-order valence-electron chi connectivity index (χ3n) is 7.08. The first kappa shape index (κ1) is 28.0. The number of hydrogen-bond acceptors (Lipinski definition) is 5. The minimum absolute atomic E-state index is 0.0325. The van der Waals surface area contributed by atoms with E-state index in [1.54, 1.807) is 0 Å². The van der Waals surface area contributed by atoms with E-state index >= 15 is 0 Å². The lowest BCUT2D eigenvalue weighted by molar-refractivity contribution is -0.138. The van der Waals surface area contributed by atoms with Gasteiger partial charge in [0.1, 0.15) is 5.82 Å². The van der Waals surface area contributed by atoms with E-state index in [2.05, 4.69) is 20.1 Å². The summed E-state index contributed by atoms with van der Waals surface area (Å²) in [7, 11) is 0. The number of carbonyl (C=O) groups excluding carboxylic acids is 1. The predicted molar refractivity (Wildman–Crippen MR) is 132 cm³/mol. The summed E-state index contributed by atoms with van der Waals surface area (Å²) < 4.78 is 76.6. The van der Waals surface area contributed by atoms with Crippen LogP contribution in [-0.4, -0.2) is 72.5 Å². The fraction of sp³-hybridized carbons (Fsp3) is 0.538. The summed E-state index contributed by atoms with van der Waals surface area (Å²) in [5.41, 5.74) is -0.689. The van der Waals surface area contributed by atoms with Crippen LogP contribution in [0.25, 0.3) is 0 Å². The minimum Gasteiger partial charge on any atom is -0.370 e. The second-order valence-electron chi connectivity index (χ2n) is 9.71. The van der Waals surface area contributed by atoms with Gasteiger partial charge < -0.3 is 20.0 Å². The molecular formula is C26H31F6N5O. The highest BCUT2D eigenvalue weighted by Gasteiger charge is 2.31. The highest BCUT2D eigenvalue weighted by atomic mass is 19.4. The number of carbonyl (C=O) groups is 1. The number of halogens is 6. The zero-order valence-corrected chi connectivity index (χ0v) is 20.9. The molecule has 2 aromatic rings. The molecular weight excluding hydrogens is 512 g/mol. The number of nitrogens with zero attached hydrogens (tertiary/aromatic N) is 4. The molecule has 2 aliphatic rings. The van der Waals surface area contributed by atoms with Gasteiger partial charge in [0.25, 0.3) is 0 Å². The van der Waals surface area contributed by atoms with E-state index < -0.39 is 23.5 Å². The number of aromatic nitrogens is 1. The highest BCUT2D eigenvalue weighted by Crippen LogP contribution is 2.31. The fourth-order valence-corrected chi connectivity index (χ4v) is 4.86. The molecule has 4 rings (SSSR count). The fourth-order valence-electron chi connectivity index (χ4n) is 4.86. The van der Waals surface area contributed by atoms with E-state index in [-0.39, 0.29) is 11.9 Å². The predicted octanol–water partition coefficient (Wildman–Crippen LogP) is 5.12. The molecule has 3 heterocycles. The maximum absolute atomic E-state index is 12.8. The largest absolute Gasteiger partial charge is 0.417 e. The van der Waals surface area contributed by atoms with Crippen LogP contribution in [0.4, 0.5) is 37.8 Å². The Bertz CT molecular complexity index is 1050. The minimum atomic E-state index is -4.42. The number of alkyl halides is 6. The molecule has 2 fully saturated rings. The number of pyridine rings is 1. The van der Waals surface area contributed by atoms with Crippen LogP contribution in [0.2, 0.25) is 0 Å². The Morgan fingerprint density at radius 1 is 0.842 bits per heavy atom. The monoisotopic (exact) mass is 543 g/mol. The Morgan fingerprint density at radius 3 is 2.11 bits per heavy atom. The van der Waals surface area contributed by atoms with Crippen molar-refractivity contribution in [3.05, 3.63) is 53.7 Å². The summed E-state index contributed by atoms with van der Waals surface area (Å²) in [5.74, 6) is 0.453. The lowest BCUT2D eigenvalue weighted by Crippen LogP contribution is -2.43. The van der Waals surface area contributed by atoms with Gasteiger partial charge in [-0.2, -0.15) is 26.3 Å². The molecule has 38 heavy (non-hydrogen) atoms. The Morgan fingerprint density at radius 2 is 1.50 bits per heavy atom. The second kappa shape index (κ2) is 11.8. The van der Waals surface area contributed by atoms with Gasteiger partial charge in [-0.25, -0.2) is 4.98 Å². The van der Waals surface area contributed by atoms with E-state index in [1.165, 1.54) is 18.2 Å². The molecule has 0 spiro atoms. The lowest BCUT2D eigenvalue weighted by atomic mass is 10.0. The number of benzene rings is 1. The van der Waals surface area contributed by atoms with E-state index in [0.29, 0.717) is 51.3 Å². The summed E-state index contributed by atoms with van der Waals surface area (Å²) in [6.45, 7) is 4.71. The van der Waals surface area contributed by atoms with Crippen LogP contribution < -0.4 is 10.2 Å². The molecule has 1 amide bonds. The van der Waals surface area contributed by atoms with Crippen LogP contribution in [0.5, 0.6) is 0 Å². The van der Waals surface area contributed by atoms with E-state index in [4.69, 9.17) is 0 Å². The molecule has 0 saturated carbocycles. The first-order valence-electron chi connectivity index (χ1n) is 12.7. The van der Waals surface area contributed by atoms with Crippen LogP contribution in [0.3, 0.4) is 0 Å². The first-order valence-corrected chi connectivity index (χ1v) is 12.7. The number of anilines is 2. The average molecular weight is 544 g/mol. The van der Waals surface area contributed by atoms with Crippen LogP contribution >= 0.6 is 0 Å². The van der Waals surface area contributed by atoms with Crippen LogP contribution in [0, 0.1) is 0 Å². The van der Waals surface area contributed by atoms with Crippen molar-refractivity contribution in [3.8, 4) is 0 Å². The molecule has 0 unspecified atom stereocenters. The molecule has 2 saturated heterocycles. The van der Waals surface area contributed by atoms with Gasteiger partial charge in [-0.05, 0) is 62.2 Å². The van der Waals surface area contributed by atoms with Gasteiger partial charge in [0.15, 0.2) is 0 Å². The summed E-state index contributed by atoms with van der Waals surface area (Å²) in [6.07, 6.45) is -5.36. The number of rotatable bonds is 6. The molecule has 2 aliphatic heterocycles. The summed E-state index contributed by atoms with van der Waals surface area (Å²) >= 11 is 0. The molecule has 1 N–H and O–H groups in total. The molecule has 0 radical (unpaired) electrons. The van der Waals surface area contributed by atoms with Crippen molar-refractivity contribution in [3.63, 3.8) is 0 Å². The third-order valence-corrected chi connectivity index (χ3v) is 7.08. The van der Waals surface area contributed by atoms with E-state index in [9.17, 15) is 31.1 Å². The maximum atomic E-state index is 12.8. The van der Waals surface area contributed by atoms with Crippen molar-refractivity contribution in [2.75, 3.05) is 56.0 Å². The molecule has 0 atom stereocenters. The SMILES string of the molecule is O=C(CCN1CCCN(c2ccc(C(F)(F)F)cc2)CC1)N1CCC(Nc2ccc(C(F)(F)F)cn2)CC1. The highest BCUT2D eigenvalue weighted by molar-refractivity contribution is 5.76. The molecule has 6 nitrogen and oxygen atoms in total. The van der Waals surface area contributed by atoms with E-state index in [0.717, 1.165) is 56.1 Å². The van der Waals surface area contributed by atoms with Crippen LogP contribution in [-0.2, 0) is 17.1 Å². The standard InChI is InChI=1S/C26H31F6N5O/c27-25(28,29)19-2-5-22(6-3-19)36-12-1-11-35(16-17-36)13-10-24(38)37-14-8-21(9-15-37)34-23-7-4-20(18-33-23)26(30,31)32/h2-7,18,21H,1,8-17H2,(H,33,34). The average Bonchev–Trinajstić information content (AvgIpc) is 3.13. The third kappa shape index (κ3) is 7.52. The molecule has 0 bridgehead atoms. The number of nitrogens with one attached hydrogen (secondary N) is 1. The molecule has 0 aliphatic carbocycles. The number of likely N-dealkylation sites (tertiary alicyclic amines) is 1. The van der Waals surface area contributed by atoms with Gasteiger partial charge in [-0.3, -0.25) is 4.79 Å². The normalized spacial score (nSPS) is 18.4. The van der Waals surface area contributed by atoms with E-state index in [1.807, 2.05) is 4.90 Å². The molecule has 1 aromatic carbocycles. The Kier molecular flexibility index (Phi) is 8.69. The number of amides is 1. The van der Waals surface area contributed by atoms with Gasteiger partial charge in [0.05, 0.1) is 11.1 Å². The van der Waals surface area contributed by atoms with Gasteiger partial charge in [0, 0.05) is 63.6 Å². The smallest absolute Gasteiger partial charge is 0.370 e. The zero-order chi connectivity index (χ0) is 27.3. The summed E-state index contributed by atoms with van der Waals surface area (Å²) in [4.78, 5) is 22.7. The van der Waals surface area contributed by atoms with Crippen molar-refractivity contribution in [2.45, 2.75) is 44.1 Å². The van der Waals surface area contributed by atoms with Crippen molar-refractivity contribution in [2.24, 2.45) is 0 Å². The van der Waals surface area contributed by atoms with Gasteiger partial charge >= 0.3 is 12.4 Å². The van der Waals surface area contributed by atoms with Crippen molar-refractivity contribution < 1.29 is 31.1 Å². The van der Waals surface area contributed by atoms with Crippen molar-refractivity contribution >= 4 is 17.4 Å². The van der Waals surface area contributed by atoms with Crippen molar-refractivity contribution in [1.82, 2.24) is 14.8 Å². The Hall–Kier alpha value is -3.02. The number of piperidine rings is 1. The second-order valence-corrected chi connectivity index (χ2v) is 9.71. The van der Waals surface area contributed by atoms with Gasteiger partial charge in [-0.15, -0.1) is 0 Å². The quantitative estimate of drug-likeness (QED) is 0.513. The lowest BCUT2D eigenvalue weighted by Gasteiger charge is -2.33. The zero-order valence-electron chi connectivity index (χ0n) is 20.9. The Labute approximate surface area is 217 Å². The Balaban J connectivity index is 1.17. The molecule has 1 aromatic heterocycles. The summed E-state index contributed by atoms with van der Waals surface area (Å²) in [6, 6.07) is 7.58. The molecule has 12 heteroatoms. The van der Waals surface area contributed by atoms with Gasteiger partial charge in [0.2, 0.25) is 5.91 Å². The maximum Gasteiger partial charge on any atom is 0.417 e. The topological polar surface area (TPSA) is 51.7 Å². The summed E-state index contributed by atoms with van der Waals surface area (Å²) in [5, 5.41) is 3.15. The number of hydrogen-bond donors (Lipinski definition) is 1. The van der Waals surface area contributed by atoms with Gasteiger partial charge in [-0.1, -0.05) is 0 Å². The van der Waals surface area contributed by atoms with Crippen LogP contribution in [0.1, 0.15) is 36.8 Å². The first-order chi connectivity index (χ1) is 18.0. The van der Waals surface area contributed by atoms with Crippen molar-refractivity contribution in [1.29, 1.82) is 0 Å². The molecule has 208 valence electrons.